The Labute approximate surface area is 152 Å². The zero-order valence-corrected chi connectivity index (χ0v) is 15.6. The highest BCUT2D eigenvalue weighted by Crippen LogP contribution is 2.20. The monoisotopic (exact) mass is 361 g/mol. The van der Waals surface area contributed by atoms with E-state index < -0.39 is 23.7 Å². The molecule has 1 atom stereocenters. The maximum Gasteiger partial charge on any atom is 0.279 e. The summed E-state index contributed by atoms with van der Waals surface area (Å²) in [6, 6.07) is 7.80. The second-order valence-corrected chi connectivity index (χ2v) is 6.38. The topological polar surface area (TPSA) is 72.4 Å². The Kier molecular flexibility index (Phi) is 6.02. The van der Waals surface area contributed by atoms with Crippen LogP contribution in [0.3, 0.4) is 0 Å². The van der Waals surface area contributed by atoms with Crippen molar-refractivity contribution < 1.29 is 18.7 Å². The van der Waals surface area contributed by atoms with E-state index in [0.29, 0.717) is 5.56 Å². The van der Waals surface area contributed by atoms with E-state index in [1.54, 1.807) is 12.1 Å². The number of nitrogens with zero attached hydrogens (tertiary/aromatic N) is 1. The normalized spacial score (nSPS) is 12.0. The number of halogens is 1. The highest BCUT2D eigenvalue weighted by molar-refractivity contribution is 5.97. The maximum absolute atomic E-state index is 13.6. The summed E-state index contributed by atoms with van der Waals surface area (Å²) in [6.07, 6.45) is -0.977. The average molecular weight is 361 g/mol. The van der Waals surface area contributed by atoms with Gasteiger partial charge in [0.2, 0.25) is 0 Å². The number of hydrazine groups is 1. The molecule has 1 heterocycles. The first-order chi connectivity index (χ1) is 12.2. The first-order valence-corrected chi connectivity index (χ1v) is 8.42. The summed E-state index contributed by atoms with van der Waals surface area (Å²) in [5.74, 6) is -1.59. The third kappa shape index (κ3) is 4.22. The minimum absolute atomic E-state index is 0.0260. The van der Waals surface area contributed by atoms with Gasteiger partial charge in [-0.3, -0.25) is 20.4 Å². The van der Waals surface area contributed by atoms with Crippen LogP contribution in [0.1, 0.15) is 48.6 Å². The van der Waals surface area contributed by atoms with E-state index in [4.69, 9.17) is 4.74 Å². The second kappa shape index (κ2) is 8.03. The Morgan fingerprint density at radius 1 is 1.12 bits per heavy atom. The lowest BCUT2D eigenvalue weighted by molar-refractivity contribution is -0.128. The number of nitrogens with one attached hydrogen (secondary N) is 2. The lowest BCUT2D eigenvalue weighted by Crippen LogP contribution is -2.47. The molecule has 0 aliphatic rings. The molecule has 0 spiro atoms. The van der Waals surface area contributed by atoms with Crippen LogP contribution in [0.15, 0.2) is 30.3 Å². The zero-order valence-electron chi connectivity index (χ0n) is 15.6. The van der Waals surface area contributed by atoms with Crippen LogP contribution >= 0.6 is 0 Å². The number of carbonyl (C=O) groups excluding carboxylic acids is 2. The van der Waals surface area contributed by atoms with E-state index in [-0.39, 0.29) is 11.8 Å². The molecule has 2 amide bonds. The largest absolute Gasteiger partial charge is 0.478 e. The first kappa shape index (κ1) is 19.5. The van der Waals surface area contributed by atoms with Crippen LogP contribution in [0, 0.1) is 19.7 Å². The van der Waals surface area contributed by atoms with Gasteiger partial charge < -0.3 is 9.30 Å². The van der Waals surface area contributed by atoms with Crippen molar-refractivity contribution in [3.63, 3.8) is 0 Å². The van der Waals surface area contributed by atoms with E-state index in [1.807, 2.05) is 32.3 Å². The van der Waals surface area contributed by atoms with Crippen LogP contribution < -0.4 is 15.6 Å². The van der Waals surface area contributed by atoms with Crippen molar-refractivity contribution in [1.29, 1.82) is 0 Å². The molecule has 0 bridgehead atoms. The summed E-state index contributed by atoms with van der Waals surface area (Å²) in [5.41, 5.74) is 6.95. The van der Waals surface area contributed by atoms with Crippen LogP contribution in [0.4, 0.5) is 4.39 Å². The van der Waals surface area contributed by atoms with Gasteiger partial charge in [0.1, 0.15) is 0 Å². The molecule has 0 saturated heterocycles. The van der Waals surface area contributed by atoms with E-state index in [9.17, 15) is 14.0 Å². The number of aryl methyl sites for hydroxylation is 1. The standard InChI is InChI=1S/C19H24FN3O3/c1-11(2)23-12(3)10-15(13(23)4)19(25)22-21-18(24)14(5)26-17-9-7-6-8-16(17)20/h6-11,14H,1-5H3,(H,21,24)(H,22,25)/t14-/m0/s1. The van der Waals surface area contributed by atoms with Gasteiger partial charge in [0.15, 0.2) is 17.7 Å². The summed E-state index contributed by atoms with van der Waals surface area (Å²) in [6.45, 7) is 9.31. The molecule has 0 aliphatic carbocycles. The van der Waals surface area contributed by atoms with Gasteiger partial charge in [-0.1, -0.05) is 12.1 Å². The number of para-hydroxylation sites is 1. The van der Waals surface area contributed by atoms with Crippen molar-refractivity contribution in [3.05, 3.63) is 53.1 Å². The number of hydrogen-bond acceptors (Lipinski definition) is 3. The number of ether oxygens (including phenoxy) is 1. The molecule has 0 fully saturated rings. The van der Waals surface area contributed by atoms with Crippen LogP contribution in [0.5, 0.6) is 5.75 Å². The molecule has 0 unspecified atom stereocenters. The molecule has 1 aromatic carbocycles. The molecule has 140 valence electrons. The van der Waals surface area contributed by atoms with E-state index in [2.05, 4.69) is 10.9 Å². The van der Waals surface area contributed by atoms with Crippen LogP contribution in [-0.2, 0) is 4.79 Å². The Bertz CT molecular complexity index is 814. The first-order valence-electron chi connectivity index (χ1n) is 8.42. The summed E-state index contributed by atoms with van der Waals surface area (Å²) in [5, 5.41) is 0. The molecule has 0 saturated carbocycles. The van der Waals surface area contributed by atoms with Crippen LogP contribution in [0.2, 0.25) is 0 Å². The summed E-state index contributed by atoms with van der Waals surface area (Å²) < 4.78 is 20.9. The lowest BCUT2D eigenvalue weighted by atomic mass is 10.2. The van der Waals surface area contributed by atoms with Crippen molar-refractivity contribution in [2.75, 3.05) is 0 Å². The number of rotatable bonds is 5. The van der Waals surface area contributed by atoms with Crippen molar-refractivity contribution in [2.45, 2.75) is 46.8 Å². The number of amides is 2. The van der Waals surface area contributed by atoms with Gasteiger partial charge in [-0.05, 0) is 52.8 Å². The smallest absolute Gasteiger partial charge is 0.279 e. The number of carbonyl (C=O) groups is 2. The van der Waals surface area contributed by atoms with Gasteiger partial charge in [0.05, 0.1) is 5.56 Å². The van der Waals surface area contributed by atoms with Gasteiger partial charge in [0, 0.05) is 17.4 Å². The molecule has 2 aromatic rings. The SMILES string of the molecule is Cc1cc(C(=O)NNC(=O)[C@H](C)Oc2ccccc2F)c(C)n1C(C)C. The molecule has 26 heavy (non-hydrogen) atoms. The minimum Gasteiger partial charge on any atom is -0.478 e. The highest BCUT2D eigenvalue weighted by Gasteiger charge is 2.20. The summed E-state index contributed by atoms with van der Waals surface area (Å²) in [4.78, 5) is 24.4. The van der Waals surface area contributed by atoms with Gasteiger partial charge in [-0.15, -0.1) is 0 Å². The molecule has 7 heteroatoms. The van der Waals surface area contributed by atoms with Gasteiger partial charge in [-0.2, -0.15) is 0 Å². The lowest BCUT2D eigenvalue weighted by Gasteiger charge is -2.16. The van der Waals surface area contributed by atoms with Crippen LogP contribution in [0.25, 0.3) is 0 Å². The third-order valence-corrected chi connectivity index (χ3v) is 4.05. The molecule has 0 radical (unpaired) electrons. The fraction of sp³-hybridized carbons (Fsp3) is 0.368. The molecular formula is C19H24FN3O3. The maximum atomic E-state index is 13.6. The van der Waals surface area contributed by atoms with Crippen molar-refractivity contribution in [3.8, 4) is 5.75 Å². The number of benzene rings is 1. The fourth-order valence-corrected chi connectivity index (χ4v) is 2.87. The predicted octanol–water partition coefficient (Wildman–Crippen LogP) is 3.05. The Morgan fingerprint density at radius 2 is 1.77 bits per heavy atom. The number of aromatic nitrogens is 1. The van der Waals surface area contributed by atoms with E-state index >= 15 is 0 Å². The highest BCUT2D eigenvalue weighted by atomic mass is 19.1. The molecule has 1 aromatic heterocycles. The zero-order chi connectivity index (χ0) is 19.4. The van der Waals surface area contributed by atoms with Crippen molar-refractivity contribution in [1.82, 2.24) is 15.4 Å². The van der Waals surface area contributed by atoms with Gasteiger partial charge >= 0.3 is 0 Å². The summed E-state index contributed by atoms with van der Waals surface area (Å²) in [7, 11) is 0. The van der Waals surface area contributed by atoms with E-state index in [1.165, 1.54) is 25.1 Å². The third-order valence-electron chi connectivity index (χ3n) is 4.05. The molecule has 2 N–H and O–H groups in total. The number of hydrogen-bond donors (Lipinski definition) is 2. The molecule has 0 aliphatic heterocycles. The molecule has 2 rings (SSSR count). The minimum atomic E-state index is -0.977. The molecular weight excluding hydrogens is 337 g/mol. The Hall–Kier alpha value is -2.83. The fourth-order valence-electron chi connectivity index (χ4n) is 2.87. The predicted molar refractivity (Wildman–Crippen MR) is 96.4 cm³/mol. The van der Waals surface area contributed by atoms with E-state index in [0.717, 1.165) is 11.4 Å². The van der Waals surface area contributed by atoms with Gasteiger partial charge in [-0.25, -0.2) is 4.39 Å². The second-order valence-electron chi connectivity index (χ2n) is 6.38. The summed E-state index contributed by atoms with van der Waals surface area (Å²) >= 11 is 0. The van der Waals surface area contributed by atoms with Crippen molar-refractivity contribution in [2.24, 2.45) is 0 Å². The van der Waals surface area contributed by atoms with Crippen LogP contribution in [-0.4, -0.2) is 22.5 Å². The molecule has 6 nitrogen and oxygen atoms in total. The quantitative estimate of drug-likeness (QED) is 0.804. The Morgan fingerprint density at radius 3 is 2.35 bits per heavy atom. The van der Waals surface area contributed by atoms with Gasteiger partial charge in [0.25, 0.3) is 11.8 Å². The average Bonchev–Trinajstić information content (AvgIpc) is 2.89. The van der Waals surface area contributed by atoms with Crippen molar-refractivity contribution >= 4 is 11.8 Å². The Balaban J connectivity index is 1.98.